The molecule has 0 aliphatic rings. The van der Waals surface area contributed by atoms with E-state index in [-0.39, 0.29) is 17.3 Å². The van der Waals surface area contributed by atoms with E-state index in [1.807, 2.05) is 13.8 Å². The van der Waals surface area contributed by atoms with Crippen molar-refractivity contribution >= 4 is 32.5 Å². The first-order chi connectivity index (χ1) is 16.0. The van der Waals surface area contributed by atoms with E-state index in [2.05, 4.69) is 10.4 Å². The number of aryl methyl sites for hydroxylation is 2. The number of nitrogens with one attached hydrogen (secondary N) is 1. The Morgan fingerprint density at radius 1 is 1.15 bits per heavy atom. The molecule has 4 aromatic rings. The second kappa shape index (κ2) is 8.64. The number of aromatic nitrogens is 3. The highest BCUT2D eigenvalue weighted by atomic mass is 32.2. The lowest BCUT2D eigenvalue weighted by atomic mass is 10.1. The van der Waals surface area contributed by atoms with Crippen LogP contribution in [0.25, 0.3) is 22.3 Å². The molecular formula is C23H22F2N4O4S. The average molecular weight is 489 g/mol. The summed E-state index contributed by atoms with van der Waals surface area (Å²) in [4.78, 5) is 17.4. The Bertz CT molecular complexity index is 1510. The number of carbonyl (C=O) groups excluding carboxylic acids is 1. The van der Waals surface area contributed by atoms with Crippen LogP contribution in [0.1, 0.15) is 41.8 Å². The molecule has 178 valence electrons. The van der Waals surface area contributed by atoms with Gasteiger partial charge >= 0.3 is 5.76 Å². The number of anilines is 1. The fraction of sp³-hybridized carbons (Fsp3) is 0.261. The van der Waals surface area contributed by atoms with Crippen molar-refractivity contribution in [2.75, 3.05) is 5.32 Å². The van der Waals surface area contributed by atoms with E-state index in [4.69, 9.17) is 9.40 Å². The minimum absolute atomic E-state index is 0.0553. The molecule has 0 saturated carbocycles. The molecule has 11 heteroatoms. The first kappa shape index (κ1) is 23.6. The predicted molar refractivity (Wildman–Crippen MR) is 123 cm³/mol. The van der Waals surface area contributed by atoms with Gasteiger partial charge in [-0.25, -0.2) is 18.1 Å². The number of amides is 1. The molecule has 1 aromatic carbocycles. The highest BCUT2D eigenvalue weighted by Gasteiger charge is 2.30. The van der Waals surface area contributed by atoms with Gasteiger partial charge in [-0.15, -0.1) is 0 Å². The van der Waals surface area contributed by atoms with Gasteiger partial charge in [-0.2, -0.15) is 13.9 Å². The number of fused-ring (bicyclic) bond motifs is 1. The molecule has 0 aliphatic carbocycles. The lowest BCUT2D eigenvalue weighted by molar-refractivity contribution is 0.102. The smallest absolute Gasteiger partial charge is 0.341 e. The number of furan rings is 1. The Hall–Kier alpha value is -3.60. The maximum absolute atomic E-state index is 13.3. The molecule has 0 saturated heterocycles. The third kappa shape index (κ3) is 4.07. The number of hydrogen-bond donors (Lipinski definition) is 1. The molecular weight excluding hydrogens is 466 g/mol. The van der Waals surface area contributed by atoms with Gasteiger partial charge < -0.3 is 9.73 Å². The molecule has 0 aliphatic heterocycles. The van der Waals surface area contributed by atoms with Crippen molar-refractivity contribution < 1.29 is 26.4 Å². The molecule has 8 nitrogen and oxygen atoms in total. The Labute approximate surface area is 194 Å². The summed E-state index contributed by atoms with van der Waals surface area (Å²) in [6.45, 7) is 7.40. The van der Waals surface area contributed by atoms with Crippen LogP contribution in [0.15, 0.2) is 51.9 Å². The van der Waals surface area contributed by atoms with Gasteiger partial charge in [-0.3, -0.25) is 4.79 Å². The minimum atomic E-state index is -4.93. The van der Waals surface area contributed by atoms with Crippen molar-refractivity contribution in [2.45, 2.75) is 44.4 Å². The summed E-state index contributed by atoms with van der Waals surface area (Å²) in [5.41, 5.74) is 1.51. The summed E-state index contributed by atoms with van der Waals surface area (Å²) in [6.07, 6.45) is 1.50. The number of carbonyl (C=O) groups is 1. The molecule has 34 heavy (non-hydrogen) atoms. The van der Waals surface area contributed by atoms with Crippen molar-refractivity contribution in [1.82, 2.24) is 14.8 Å². The van der Waals surface area contributed by atoms with Crippen LogP contribution in [0.5, 0.6) is 0 Å². The van der Waals surface area contributed by atoms with Crippen LogP contribution >= 0.6 is 0 Å². The zero-order valence-electron chi connectivity index (χ0n) is 18.8. The Morgan fingerprint density at radius 2 is 1.85 bits per heavy atom. The lowest BCUT2D eigenvalue weighted by Gasteiger charge is -2.13. The third-order valence-corrected chi connectivity index (χ3v) is 6.73. The van der Waals surface area contributed by atoms with E-state index < -0.39 is 26.4 Å². The number of halogens is 2. The zero-order chi connectivity index (χ0) is 24.8. The van der Waals surface area contributed by atoms with Crippen LogP contribution in [0, 0.1) is 13.8 Å². The van der Waals surface area contributed by atoms with Gasteiger partial charge in [0.05, 0.1) is 33.4 Å². The van der Waals surface area contributed by atoms with E-state index in [1.54, 1.807) is 30.7 Å². The number of hydrogen-bond acceptors (Lipinski definition) is 6. The Kier molecular flexibility index (Phi) is 5.98. The van der Waals surface area contributed by atoms with Crippen molar-refractivity contribution in [3.8, 4) is 11.3 Å². The van der Waals surface area contributed by atoms with Crippen molar-refractivity contribution in [3.63, 3.8) is 0 Å². The Morgan fingerprint density at radius 3 is 2.47 bits per heavy atom. The van der Waals surface area contributed by atoms with Crippen molar-refractivity contribution in [1.29, 1.82) is 0 Å². The van der Waals surface area contributed by atoms with Gasteiger partial charge in [0.2, 0.25) is 9.84 Å². The monoisotopic (exact) mass is 488 g/mol. The van der Waals surface area contributed by atoms with Crippen molar-refractivity contribution in [2.24, 2.45) is 0 Å². The van der Waals surface area contributed by atoms with Crippen LogP contribution in [-0.4, -0.2) is 34.8 Å². The molecule has 0 unspecified atom stereocenters. The van der Waals surface area contributed by atoms with E-state index in [1.165, 1.54) is 24.4 Å². The highest BCUT2D eigenvalue weighted by Crippen LogP contribution is 2.31. The van der Waals surface area contributed by atoms with Gasteiger partial charge in [0.1, 0.15) is 11.5 Å². The number of pyridine rings is 1. The SMILES string of the molecule is Cc1cc(-c2cc(C(=O)Nc3ccccc3S(=O)(=O)C(F)F)c3cnn(C(C)C)c3n2)c(C)o1. The molecule has 4 rings (SSSR count). The third-order valence-electron chi connectivity index (χ3n) is 5.29. The van der Waals surface area contributed by atoms with Crippen LogP contribution in [0.3, 0.4) is 0 Å². The van der Waals surface area contributed by atoms with Crippen LogP contribution in [-0.2, 0) is 9.84 Å². The second-order valence-corrected chi connectivity index (χ2v) is 9.94. The average Bonchev–Trinajstić information content (AvgIpc) is 3.35. The van der Waals surface area contributed by atoms with Gasteiger partial charge in [0, 0.05) is 11.6 Å². The van der Waals surface area contributed by atoms with Crippen molar-refractivity contribution in [3.05, 3.63) is 59.7 Å². The predicted octanol–water partition coefficient (Wildman–Crippen LogP) is 5.14. The van der Waals surface area contributed by atoms with Crippen LogP contribution < -0.4 is 5.32 Å². The summed E-state index contributed by atoms with van der Waals surface area (Å²) in [7, 11) is -4.93. The Balaban J connectivity index is 1.87. The second-order valence-electron chi connectivity index (χ2n) is 8.06. The summed E-state index contributed by atoms with van der Waals surface area (Å²) in [5, 5.41) is 7.25. The van der Waals surface area contributed by atoms with Gasteiger partial charge in [-0.1, -0.05) is 12.1 Å². The van der Waals surface area contributed by atoms with E-state index in [0.717, 1.165) is 6.07 Å². The maximum atomic E-state index is 13.3. The van der Waals surface area contributed by atoms with Crippen LogP contribution in [0.4, 0.5) is 14.5 Å². The number of alkyl halides is 2. The number of para-hydroxylation sites is 1. The van der Waals surface area contributed by atoms with Crippen LogP contribution in [0.2, 0.25) is 0 Å². The summed E-state index contributed by atoms with van der Waals surface area (Å²) in [5.74, 6) is -3.03. The summed E-state index contributed by atoms with van der Waals surface area (Å²) < 4.78 is 57.8. The molecule has 1 amide bonds. The van der Waals surface area contributed by atoms with E-state index in [0.29, 0.717) is 33.8 Å². The van der Waals surface area contributed by atoms with Gasteiger partial charge in [0.25, 0.3) is 5.91 Å². The first-order valence-corrected chi connectivity index (χ1v) is 11.9. The number of sulfone groups is 1. The molecule has 3 heterocycles. The summed E-state index contributed by atoms with van der Waals surface area (Å²) >= 11 is 0. The first-order valence-electron chi connectivity index (χ1n) is 10.4. The van der Waals surface area contributed by atoms with E-state index in [9.17, 15) is 22.0 Å². The largest absolute Gasteiger partial charge is 0.466 e. The highest BCUT2D eigenvalue weighted by molar-refractivity contribution is 7.91. The molecule has 0 radical (unpaired) electrons. The van der Waals surface area contributed by atoms with Gasteiger partial charge in [-0.05, 0) is 52.0 Å². The molecule has 0 atom stereocenters. The topological polar surface area (TPSA) is 107 Å². The number of nitrogens with zero attached hydrogens (tertiary/aromatic N) is 3. The zero-order valence-corrected chi connectivity index (χ0v) is 19.7. The van der Waals surface area contributed by atoms with E-state index >= 15 is 0 Å². The quantitative estimate of drug-likeness (QED) is 0.403. The maximum Gasteiger partial charge on any atom is 0.341 e. The number of benzene rings is 1. The fourth-order valence-electron chi connectivity index (χ4n) is 3.71. The molecule has 1 N–H and O–H groups in total. The standard InChI is InChI=1S/C23H22F2N4O4S/c1-12(2)29-21-17(11-26-29)16(10-19(27-21)15-9-13(3)33-14(15)4)22(30)28-18-7-5-6-8-20(18)34(31,32)23(24)25/h5-12,23H,1-4H3,(H,28,30). The summed E-state index contributed by atoms with van der Waals surface area (Å²) in [6, 6.07) is 8.33. The molecule has 0 spiro atoms. The molecule has 0 bridgehead atoms. The number of rotatable bonds is 6. The van der Waals surface area contributed by atoms with Gasteiger partial charge in [0.15, 0.2) is 5.65 Å². The minimum Gasteiger partial charge on any atom is -0.466 e. The normalized spacial score (nSPS) is 12.1. The lowest BCUT2D eigenvalue weighted by Crippen LogP contribution is -2.18. The fourth-order valence-corrected chi connectivity index (χ4v) is 4.60. The molecule has 0 fully saturated rings. The molecule has 3 aromatic heterocycles.